The molecule has 1 rings (SSSR count). The van der Waals surface area contributed by atoms with Crippen molar-refractivity contribution < 1.29 is 0 Å². The fourth-order valence-electron chi connectivity index (χ4n) is 1.22. The van der Waals surface area contributed by atoms with Gasteiger partial charge in [-0.3, -0.25) is 0 Å². The second-order valence-electron chi connectivity index (χ2n) is 3.14. The normalized spacial score (nSPS) is 12.9. The summed E-state index contributed by atoms with van der Waals surface area (Å²) in [5.74, 6) is 0. The summed E-state index contributed by atoms with van der Waals surface area (Å²) >= 11 is 6.07. The third-order valence-electron chi connectivity index (χ3n) is 2.15. The topological polar surface area (TPSA) is 0 Å². The van der Waals surface area contributed by atoms with Crippen LogP contribution >= 0.6 is 11.6 Å². The second-order valence-corrected chi connectivity index (χ2v) is 3.75. The fraction of sp³-hybridized carbons (Fsp3) is 0.455. The predicted octanol–water partition coefficient (Wildman–Crippen LogP) is 3.55. The summed E-state index contributed by atoms with van der Waals surface area (Å²) in [4.78, 5) is 0. The van der Waals surface area contributed by atoms with Gasteiger partial charge in [0, 0.05) is 5.38 Å². The molecule has 0 aliphatic heterocycles. The van der Waals surface area contributed by atoms with Crippen LogP contribution in [0.2, 0.25) is 0 Å². The zero-order valence-corrected chi connectivity index (χ0v) is 8.43. The number of hydrogen-bond donors (Lipinski definition) is 0. The monoisotopic (exact) mass is 182 g/mol. The molecule has 0 nitrogen and oxygen atoms in total. The van der Waals surface area contributed by atoms with Crippen LogP contribution in [0.25, 0.3) is 0 Å². The highest BCUT2D eigenvalue weighted by Crippen LogP contribution is 2.14. The van der Waals surface area contributed by atoms with E-state index < -0.39 is 0 Å². The van der Waals surface area contributed by atoms with Gasteiger partial charge in [-0.25, -0.2) is 0 Å². The molecule has 1 heteroatoms. The van der Waals surface area contributed by atoms with Crippen molar-refractivity contribution in [2.45, 2.75) is 32.1 Å². The van der Waals surface area contributed by atoms with Gasteiger partial charge in [0.05, 0.1) is 0 Å². The summed E-state index contributed by atoms with van der Waals surface area (Å²) in [7, 11) is 0. The first-order valence-corrected chi connectivity index (χ1v) is 4.86. The molecule has 0 bridgehead atoms. The van der Waals surface area contributed by atoms with E-state index in [1.165, 1.54) is 11.1 Å². The Kier molecular flexibility index (Phi) is 3.61. The van der Waals surface area contributed by atoms with Gasteiger partial charge in [0.15, 0.2) is 0 Å². The summed E-state index contributed by atoms with van der Waals surface area (Å²) in [5.41, 5.74) is 2.72. The van der Waals surface area contributed by atoms with E-state index in [1.807, 2.05) is 0 Å². The Morgan fingerprint density at radius 2 is 2.00 bits per heavy atom. The van der Waals surface area contributed by atoms with Gasteiger partial charge in [0.25, 0.3) is 0 Å². The summed E-state index contributed by atoms with van der Waals surface area (Å²) < 4.78 is 0. The molecule has 0 fully saturated rings. The first-order chi connectivity index (χ1) is 5.74. The molecule has 0 aliphatic rings. The summed E-state index contributed by atoms with van der Waals surface area (Å²) in [5, 5.41) is 0.283. The quantitative estimate of drug-likeness (QED) is 0.628. The lowest BCUT2D eigenvalue weighted by atomic mass is 10.0. The number of alkyl halides is 1. The molecular weight excluding hydrogens is 168 g/mol. The highest BCUT2D eigenvalue weighted by molar-refractivity contribution is 6.20. The average molecular weight is 183 g/mol. The lowest BCUT2D eigenvalue weighted by Gasteiger charge is -2.08. The molecule has 0 spiro atoms. The molecule has 0 aliphatic carbocycles. The van der Waals surface area contributed by atoms with Crippen molar-refractivity contribution in [3.05, 3.63) is 35.4 Å². The highest BCUT2D eigenvalue weighted by atomic mass is 35.5. The number of rotatable bonds is 3. The second kappa shape index (κ2) is 4.51. The molecule has 1 aromatic rings. The number of hydrogen-bond acceptors (Lipinski definition) is 0. The van der Waals surface area contributed by atoms with E-state index in [-0.39, 0.29) is 5.38 Å². The van der Waals surface area contributed by atoms with Gasteiger partial charge in [0.1, 0.15) is 0 Å². The molecule has 0 saturated carbocycles. The van der Waals surface area contributed by atoms with E-state index in [0.29, 0.717) is 0 Å². The number of halogens is 1. The van der Waals surface area contributed by atoms with Crippen molar-refractivity contribution in [3.8, 4) is 0 Å². The molecule has 0 aromatic heterocycles. The summed E-state index contributed by atoms with van der Waals surface area (Å²) in [6.45, 7) is 4.25. The molecule has 0 radical (unpaired) electrons. The van der Waals surface area contributed by atoms with Crippen LogP contribution in [0.15, 0.2) is 24.3 Å². The zero-order chi connectivity index (χ0) is 8.97. The first kappa shape index (κ1) is 9.60. The van der Waals surface area contributed by atoms with E-state index in [2.05, 4.69) is 38.1 Å². The van der Waals surface area contributed by atoms with Crippen LogP contribution in [0.5, 0.6) is 0 Å². The maximum atomic E-state index is 6.07. The van der Waals surface area contributed by atoms with Gasteiger partial charge in [0.2, 0.25) is 0 Å². The fourth-order valence-corrected chi connectivity index (χ4v) is 1.39. The Hall–Kier alpha value is -0.490. The molecule has 1 unspecified atom stereocenters. The lowest BCUT2D eigenvalue weighted by Crippen LogP contribution is -2.02. The van der Waals surface area contributed by atoms with Crippen molar-refractivity contribution in [2.24, 2.45) is 0 Å². The van der Waals surface area contributed by atoms with E-state index in [0.717, 1.165) is 12.8 Å². The van der Waals surface area contributed by atoms with Crippen LogP contribution in [0.1, 0.15) is 24.5 Å². The van der Waals surface area contributed by atoms with Crippen LogP contribution in [0.4, 0.5) is 0 Å². The molecule has 0 heterocycles. The Morgan fingerprint density at radius 3 is 2.58 bits per heavy atom. The van der Waals surface area contributed by atoms with Gasteiger partial charge >= 0.3 is 0 Å². The minimum absolute atomic E-state index is 0.283. The van der Waals surface area contributed by atoms with Gasteiger partial charge < -0.3 is 0 Å². The van der Waals surface area contributed by atoms with Crippen LogP contribution in [-0.2, 0) is 6.42 Å². The summed E-state index contributed by atoms with van der Waals surface area (Å²) in [6.07, 6.45) is 2.03. The highest BCUT2D eigenvalue weighted by Gasteiger charge is 2.04. The van der Waals surface area contributed by atoms with Gasteiger partial charge in [-0.1, -0.05) is 31.2 Å². The van der Waals surface area contributed by atoms with Crippen molar-refractivity contribution >= 4 is 11.6 Å². The van der Waals surface area contributed by atoms with E-state index in [9.17, 15) is 0 Å². The van der Waals surface area contributed by atoms with Crippen molar-refractivity contribution in [1.29, 1.82) is 0 Å². The SMILES string of the molecule is CCC(Cl)Cc1ccccc1C. The molecule has 0 amide bonds. The Bertz CT molecular complexity index is 243. The zero-order valence-electron chi connectivity index (χ0n) is 7.68. The minimum atomic E-state index is 0.283. The van der Waals surface area contributed by atoms with Gasteiger partial charge in [-0.15, -0.1) is 11.6 Å². The van der Waals surface area contributed by atoms with E-state index in [4.69, 9.17) is 11.6 Å². The minimum Gasteiger partial charge on any atom is -0.123 e. The van der Waals surface area contributed by atoms with Crippen LogP contribution in [0.3, 0.4) is 0 Å². The van der Waals surface area contributed by atoms with E-state index in [1.54, 1.807) is 0 Å². The first-order valence-electron chi connectivity index (χ1n) is 4.42. The van der Waals surface area contributed by atoms with E-state index >= 15 is 0 Å². The Morgan fingerprint density at radius 1 is 1.33 bits per heavy atom. The van der Waals surface area contributed by atoms with Crippen molar-refractivity contribution in [2.75, 3.05) is 0 Å². The molecule has 66 valence electrons. The molecule has 12 heavy (non-hydrogen) atoms. The maximum absolute atomic E-state index is 6.07. The van der Waals surface area contributed by atoms with Gasteiger partial charge in [-0.05, 0) is 30.9 Å². The van der Waals surface area contributed by atoms with Crippen LogP contribution in [-0.4, -0.2) is 5.38 Å². The smallest absolute Gasteiger partial charge is 0.0373 e. The van der Waals surface area contributed by atoms with Crippen molar-refractivity contribution in [3.63, 3.8) is 0 Å². The average Bonchev–Trinajstić information content (AvgIpc) is 2.09. The van der Waals surface area contributed by atoms with Crippen LogP contribution in [0, 0.1) is 6.92 Å². The summed E-state index contributed by atoms with van der Waals surface area (Å²) in [6, 6.07) is 8.42. The Balaban J connectivity index is 2.69. The maximum Gasteiger partial charge on any atom is 0.0373 e. The van der Waals surface area contributed by atoms with Gasteiger partial charge in [-0.2, -0.15) is 0 Å². The van der Waals surface area contributed by atoms with Crippen molar-refractivity contribution in [1.82, 2.24) is 0 Å². The molecule has 1 aromatic carbocycles. The third-order valence-corrected chi connectivity index (χ3v) is 2.61. The molecule has 0 saturated heterocycles. The standard InChI is InChI=1S/C11H15Cl/c1-3-11(12)8-10-7-5-4-6-9(10)2/h4-7,11H,3,8H2,1-2H3. The molecular formula is C11H15Cl. The largest absolute Gasteiger partial charge is 0.123 e. The number of aryl methyl sites for hydroxylation is 1. The third kappa shape index (κ3) is 2.53. The number of benzene rings is 1. The predicted molar refractivity (Wildman–Crippen MR) is 54.8 cm³/mol. The molecule has 0 N–H and O–H groups in total. The van der Waals surface area contributed by atoms with Crippen LogP contribution < -0.4 is 0 Å². The molecule has 1 atom stereocenters. The Labute approximate surface area is 79.6 Å². The lowest BCUT2D eigenvalue weighted by molar-refractivity contribution is 0.801.